The number of thiophene rings is 1. The van der Waals surface area contributed by atoms with Crippen LogP contribution in [0.3, 0.4) is 0 Å². The summed E-state index contributed by atoms with van der Waals surface area (Å²) in [5.41, 5.74) is 1.68. The van der Waals surface area contributed by atoms with Crippen molar-refractivity contribution in [3.63, 3.8) is 0 Å². The van der Waals surface area contributed by atoms with E-state index in [0.29, 0.717) is 6.42 Å². The molecule has 0 N–H and O–H groups in total. The highest BCUT2D eigenvalue weighted by Gasteiger charge is 2.31. The van der Waals surface area contributed by atoms with Gasteiger partial charge in [0.25, 0.3) is 0 Å². The lowest BCUT2D eigenvalue weighted by atomic mass is 10.0. The maximum atomic E-state index is 13.0. The Morgan fingerprint density at radius 1 is 1.35 bits per heavy atom. The summed E-state index contributed by atoms with van der Waals surface area (Å²) in [6.45, 7) is 1.51. The Balaban J connectivity index is 1.92. The van der Waals surface area contributed by atoms with Crippen LogP contribution in [0.15, 0.2) is 46.9 Å². The van der Waals surface area contributed by atoms with E-state index in [4.69, 9.17) is 0 Å². The van der Waals surface area contributed by atoms with Gasteiger partial charge in [-0.05, 0) is 29.1 Å². The topological polar surface area (TPSA) is 32.7 Å². The van der Waals surface area contributed by atoms with Gasteiger partial charge in [0.05, 0.1) is 11.8 Å². The largest absolute Gasteiger partial charge is 0.273 e. The van der Waals surface area contributed by atoms with Crippen LogP contribution in [0.5, 0.6) is 0 Å². The molecule has 1 aromatic heterocycles. The first-order chi connectivity index (χ1) is 9.65. The summed E-state index contributed by atoms with van der Waals surface area (Å²) in [6, 6.07) is 10.1. The van der Waals surface area contributed by atoms with Crippen LogP contribution in [0.4, 0.5) is 4.39 Å². The number of rotatable bonds is 2. The van der Waals surface area contributed by atoms with Crippen molar-refractivity contribution in [3.8, 4) is 0 Å². The van der Waals surface area contributed by atoms with Crippen molar-refractivity contribution in [2.24, 2.45) is 5.10 Å². The third-order valence-corrected chi connectivity index (χ3v) is 4.26. The lowest BCUT2D eigenvalue weighted by molar-refractivity contribution is -0.130. The molecule has 1 aromatic carbocycles. The monoisotopic (exact) mass is 288 g/mol. The molecule has 0 aliphatic carbocycles. The van der Waals surface area contributed by atoms with E-state index in [1.807, 2.05) is 17.5 Å². The molecule has 2 heterocycles. The summed E-state index contributed by atoms with van der Waals surface area (Å²) in [6.07, 6.45) is 0.658. The van der Waals surface area contributed by atoms with Crippen LogP contribution in [0, 0.1) is 5.82 Å². The number of carbonyl (C=O) groups is 1. The molecule has 1 atom stereocenters. The van der Waals surface area contributed by atoms with E-state index in [0.717, 1.165) is 16.2 Å². The number of hydrazone groups is 1. The van der Waals surface area contributed by atoms with Crippen LogP contribution >= 0.6 is 11.3 Å². The van der Waals surface area contributed by atoms with E-state index < -0.39 is 0 Å². The van der Waals surface area contributed by atoms with E-state index in [1.165, 1.54) is 24.1 Å². The molecule has 5 heteroatoms. The van der Waals surface area contributed by atoms with Gasteiger partial charge >= 0.3 is 0 Å². The molecule has 3 rings (SSSR count). The van der Waals surface area contributed by atoms with E-state index in [2.05, 4.69) is 5.10 Å². The Bertz CT molecular complexity index is 649. The van der Waals surface area contributed by atoms with Crippen molar-refractivity contribution in [1.29, 1.82) is 0 Å². The van der Waals surface area contributed by atoms with Gasteiger partial charge < -0.3 is 0 Å². The molecule has 1 aliphatic heterocycles. The Morgan fingerprint density at radius 3 is 2.70 bits per heavy atom. The SMILES string of the molecule is CC(=O)N1N=C(c2ccc(F)cc2)CC1c1cccs1. The highest BCUT2D eigenvalue weighted by Crippen LogP contribution is 2.34. The second-order valence-electron chi connectivity index (χ2n) is 4.65. The summed E-state index contributed by atoms with van der Waals surface area (Å²) in [5, 5.41) is 7.92. The van der Waals surface area contributed by atoms with E-state index in [-0.39, 0.29) is 17.8 Å². The van der Waals surface area contributed by atoms with Crippen molar-refractivity contribution < 1.29 is 9.18 Å². The first kappa shape index (κ1) is 13.0. The van der Waals surface area contributed by atoms with E-state index in [1.54, 1.807) is 23.5 Å². The predicted octanol–water partition coefficient (Wildman–Crippen LogP) is 3.58. The van der Waals surface area contributed by atoms with Gasteiger partial charge in [-0.2, -0.15) is 5.10 Å². The molecule has 3 nitrogen and oxygen atoms in total. The molecular weight excluding hydrogens is 275 g/mol. The second-order valence-corrected chi connectivity index (χ2v) is 5.63. The van der Waals surface area contributed by atoms with Crippen LogP contribution < -0.4 is 0 Å². The van der Waals surface area contributed by atoms with Crippen LogP contribution in [0.25, 0.3) is 0 Å². The van der Waals surface area contributed by atoms with Gasteiger partial charge in [-0.3, -0.25) is 4.79 Å². The number of benzene rings is 1. The summed E-state index contributed by atoms with van der Waals surface area (Å²) >= 11 is 1.61. The number of nitrogens with zero attached hydrogens (tertiary/aromatic N) is 2. The molecule has 1 amide bonds. The van der Waals surface area contributed by atoms with Crippen LogP contribution in [0.1, 0.15) is 29.8 Å². The van der Waals surface area contributed by atoms with Gasteiger partial charge in [-0.1, -0.05) is 18.2 Å². The number of hydrogen-bond acceptors (Lipinski definition) is 3. The van der Waals surface area contributed by atoms with Gasteiger partial charge in [0.2, 0.25) is 5.91 Å². The van der Waals surface area contributed by atoms with Gasteiger partial charge in [0.15, 0.2) is 0 Å². The number of amides is 1. The minimum Gasteiger partial charge on any atom is -0.273 e. The van der Waals surface area contributed by atoms with Crippen molar-refractivity contribution in [2.75, 3.05) is 0 Å². The van der Waals surface area contributed by atoms with Crippen LogP contribution in [0.2, 0.25) is 0 Å². The van der Waals surface area contributed by atoms with E-state index >= 15 is 0 Å². The molecule has 0 spiro atoms. The molecule has 0 radical (unpaired) electrons. The molecule has 0 saturated heterocycles. The zero-order valence-electron chi connectivity index (χ0n) is 10.9. The number of halogens is 1. The molecule has 0 saturated carbocycles. The lowest BCUT2D eigenvalue weighted by Crippen LogP contribution is -2.23. The first-order valence-electron chi connectivity index (χ1n) is 6.32. The summed E-state index contributed by atoms with van der Waals surface area (Å²) < 4.78 is 13.0. The van der Waals surface area contributed by atoms with E-state index in [9.17, 15) is 9.18 Å². The van der Waals surface area contributed by atoms with Gasteiger partial charge in [-0.15, -0.1) is 11.3 Å². The molecule has 0 bridgehead atoms. The third-order valence-electron chi connectivity index (χ3n) is 3.28. The lowest BCUT2D eigenvalue weighted by Gasteiger charge is -2.18. The highest BCUT2D eigenvalue weighted by molar-refractivity contribution is 7.10. The molecule has 1 unspecified atom stereocenters. The van der Waals surface area contributed by atoms with Crippen molar-refractivity contribution in [2.45, 2.75) is 19.4 Å². The van der Waals surface area contributed by atoms with Crippen molar-refractivity contribution in [1.82, 2.24) is 5.01 Å². The molecule has 102 valence electrons. The third kappa shape index (κ3) is 2.36. The fourth-order valence-electron chi connectivity index (χ4n) is 2.32. The summed E-state index contributed by atoms with van der Waals surface area (Å²) in [7, 11) is 0. The Labute approximate surface area is 120 Å². The summed E-state index contributed by atoms with van der Waals surface area (Å²) in [5.74, 6) is -0.355. The summed E-state index contributed by atoms with van der Waals surface area (Å²) in [4.78, 5) is 12.9. The zero-order valence-corrected chi connectivity index (χ0v) is 11.7. The molecular formula is C15H13FN2OS. The first-order valence-corrected chi connectivity index (χ1v) is 7.20. The fraction of sp³-hybridized carbons (Fsp3) is 0.200. The normalized spacial score (nSPS) is 18.2. The quantitative estimate of drug-likeness (QED) is 0.831. The number of carbonyl (C=O) groups excluding carboxylic acids is 1. The van der Waals surface area contributed by atoms with Gasteiger partial charge in [0.1, 0.15) is 5.82 Å². The standard InChI is InChI=1S/C15H13FN2OS/c1-10(19)18-14(15-3-2-8-20-15)9-13(17-18)11-4-6-12(16)7-5-11/h2-8,14H,9H2,1H3. The van der Waals surface area contributed by atoms with Crippen LogP contribution in [-0.4, -0.2) is 16.6 Å². The minimum absolute atomic E-state index is 0.0486. The fourth-order valence-corrected chi connectivity index (χ4v) is 3.13. The average molecular weight is 288 g/mol. The van der Waals surface area contributed by atoms with Crippen molar-refractivity contribution >= 4 is 23.0 Å². The van der Waals surface area contributed by atoms with Gasteiger partial charge in [-0.25, -0.2) is 9.40 Å². The smallest absolute Gasteiger partial charge is 0.240 e. The van der Waals surface area contributed by atoms with Crippen molar-refractivity contribution in [3.05, 3.63) is 58.0 Å². The maximum absolute atomic E-state index is 13.0. The minimum atomic E-state index is -0.273. The number of hydrogen-bond donors (Lipinski definition) is 0. The molecule has 0 fully saturated rings. The Kier molecular flexibility index (Phi) is 3.36. The Morgan fingerprint density at radius 2 is 2.10 bits per heavy atom. The van der Waals surface area contributed by atoms with Crippen LogP contribution in [-0.2, 0) is 4.79 Å². The molecule has 20 heavy (non-hydrogen) atoms. The zero-order chi connectivity index (χ0) is 14.1. The average Bonchev–Trinajstić information content (AvgIpc) is 3.08. The highest BCUT2D eigenvalue weighted by atomic mass is 32.1. The predicted molar refractivity (Wildman–Crippen MR) is 77.1 cm³/mol. The van der Waals surface area contributed by atoms with Gasteiger partial charge in [0, 0.05) is 18.2 Å². The maximum Gasteiger partial charge on any atom is 0.240 e. The Hall–Kier alpha value is -2.01. The molecule has 2 aromatic rings. The second kappa shape index (κ2) is 5.17. The molecule has 1 aliphatic rings.